The van der Waals surface area contributed by atoms with Gasteiger partial charge in [0.05, 0.1) is 22.7 Å². The minimum atomic E-state index is -0.348. The van der Waals surface area contributed by atoms with E-state index < -0.39 is 0 Å². The molecular formula is C23H18Cl2O2. The van der Waals surface area contributed by atoms with Crippen molar-refractivity contribution in [1.29, 1.82) is 0 Å². The fourth-order valence-corrected chi connectivity index (χ4v) is 3.17. The van der Waals surface area contributed by atoms with E-state index in [-0.39, 0.29) is 5.97 Å². The molecule has 3 aromatic rings. The van der Waals surface area contributed by atoms with E-state index in [1.165, 1.54) is 7.11 Å². The highest BCUT2D eigenvalue weighted by Gasteiger charge is 2.09. The molecule has 0 bridgehead atoms. The van der Waals surface area contributed by atoms with E-state index in [0.717, 1.165) is 28.7 Å². The molecule has 0 N–H and O–H groups in total. The van der Waals surface area contributed by atoms with Gasteiger partial charge in [0.2, 0.25) is 0 Å². The molecule has 0 spiro atoms. The summed E-state index contributed by atoms with van der Waals surface area (Å²) in [6.07, 6.45) is 4.67. The third-order valence-corrected chi connectivity index (χ3v) is 4.98. The number of ether oxygens (including phenoxy) is 1. The number of rotatable bonds is 5. The molecule has 3 aromatic carbocycles. The van der Waals surface area contributed by atoms with Crippen molar-refractivity contribution in [3.05, 3.63) is 105 Å². The first-order valence-electron chi connectivity index (χ1n) is 8.45. The van der Waals surface area contributed by atoms with Crippen molar-refractivity contribution < 1.29 is 9.53 Å². The Kier molecular flexibility index (Phi) is 6.33. The van der Waals surface area contributed by atoms with E-state index in [2.05, 4.69) is 6.07 Å². The van der Waals surface area contributed by atoms with E-state index in [9.17, 15) is 4.79 Å². The molecule has 2 nitrogen and oxygen atoms in total. The van der Waals surface area contributed by atoms with Crippen molar-refractivity contribution in [2.75, 3.05) is 7.11 Å². The highest BCUT2D eigenvalue weighted by molar-refractivity contribution is 6.42. The SMILES string of the molecule is COC(=O)c1ccccc1/C=C/c1ccccc1Cc1ccc(Cl)c(Cl)c1. The second-order valence-electron chi connectivity index (χ2n) is 6.04. The molecule has 0 unspecified atom stereocenters. The van der Waals surface area contributed by atoms with E-state index in [0.29, 0.717) is 15.6 Å². The molecule has 136 valence electrons. The molecule has 0 saturated carbocycles. The lowest BCUT2D eigenvalue weighted by Crippen LogP contribution is -2.03. The van der Waals surface area contributed by atoms with Gasteiger partial charge in [0.1, 0.15) is 0 Å². The quantitative estimate of drug-likeness (QED) is 0.361. The maximum atomic E-state index is 11.9. The molecule has 0 amide bonds. The zero-order valence-corrected chi connectivity index (χ0v) is 16.3. The highest BCUT2D eigenvalue weighted by Crippen LogP contribution is 2.25. The van der Waals surface area contributed by atoms with Crippen molar-refractivity contribution in [3.8, 4) is 0 Å². The summed E-state index contributed by atoms with van der Waals surface area (Å²) in [7, 11) is 1.38. The minimum absolute atomic E-state index is 0.348. The minimum Gasteiger partial charge on any atom is -0.465 e. The Balaban J connectivity index is 1.90. The molecular weight excluding hydrogens is 379 g/mol. The molecule has 0 aromatic heterocycles. The second-order valence-corrected chi connectivity index (χ2v) is 6.85. The average Bonchev–Trinajstić information content (AvgIpc) is 2.70. The molecule has 27 heavy (non-hydrogen) atoms. The van der Waals surface area contributed by atoms with Crippen LogP contribution in [0.5, 0.6) is 0 Å². The molecule has 0 heterocycles. The Bertz CT molecular complexity index is 993. The summed E-state index contributed by atoms with van der Waals surface area (Å²) in [6.45, 7) is 0. The molecule has 0 aliphatic heterocycles. The summed E-state index contributed by atoms with van der Waals surface area (Å²) >= 11 is 12.1. The molecule has 0 atom stereocenters. The standard InChI is InChI=1S/C23H18Cl2O2/c1-27-23(26)20-9-5-4-7-18(20)12-11-17-6-2-3-8-19(17)14-16-10-13-21(24)22(25)15-16/h2-13,15H,14H2,1H3/b12-11+. The first kappa shape index (κ1) is 19.2. The lowest BCUT2D eigenvalue weighted by molar-refractivity contribution is 0.0600. The maximum absolute atomic E-state index is 11.9. The smallest absolute Gasteiger partial charge is 0.338 e. The Hall–Kier alpha value is -2.55. The van der Waals surface area contributed by atoms with Crippen LogP contribution >= 0.6 is 23.2 Å². The van der Waals surface area contributed by atoms with Gasteiger partial charge in [0.25, 0.3) is 0 Å². The van der Waals surface area contributed by atoms with Crippen molar-refractivity contribution >= 4 is 41.3 Å². The van der Waals surface area contributed by atoms with Crippen LogP contribution in [0.2, 0.25) is 10.0 Å². The molecule has 3 rings (SSSR count). The van der Waals surface area contributed by atoms with Gasteiger partial charge < -0.3 is 4.74 Å². The summed E-state index contributed by atoms with van der Waals surface area (Å²) in [6, 6.07) is 21.2. The van der Waals surface area contributed by atoms with Crippen LogP contribution in [0.3, 0.4) is 0 Å². The van der Waals surface area contributed by atoms with E-state index in [4.69, 9.17) is 27.9 Å². The fraction of sp³-hybridized carbons (Fsp3) is 0.0870. The van der Waals surface area contributed by atoms with Crippen LogP contribution in [0.25, 0.3) is 12.2 Å². The predicted molar refractivity (Wildman–Crippen MR) is 112 cm³/mol. The van der Waals surface area contributed by atoms with Gasteiger partial charge >= 0.3 is 5.97 Å². The first-order chi connectivity index (χ1) is 13.1. The Morgan fingerprint density at radius 1 is 0.889 bits per heavy atom. The number of carbonyl (C=O) groups is 1. The Morgan fingerprint density at radius 2 is 1.56 bits per heavy atom. The Labute approximate surface area is 169 Å². The molecule has 0 aliphatic carbocycles. The van der Waals surface area contributed by atoms with Gasteiger partial charge in [-0.2, -0.15) is 0 Å². The summed E-state index contributed by atoms with van der Waals surface area (Å²) in [5.41, 5.74) is 4.66. The molecule has 0 fully saturated rings. The number of esters is 1. The molecule has 4 heteroatoms. The van der Waals surface area contributed by atoms with Gasteiger partial charge in [-0.05, 0) is 46.9 Å². The lowest BCUT2D eigenvalue weighted by atomic mass is 9.98. The number of halogens is 2. The highest BCUT2D eigenvalue weighted by atomic mass is 35.5. The topological polar surface area (TPSA) is 26.3 Å². The number of hydrogen-bond acceptors (Lipinski definition) is 2. The van der Waals surface area contributed by atoms with Crippen molar-refractivity contribution in [2.45, 2.75) is 6.42 Å². The van der Waals surface area contributed by atoms with E-state index in [1.54, 1.807) is 6.07 Å². The Morgan fingerprint density at radius 3 is 2.30 bits per heavy atom. The van der Waals surface area contributed by atoms with Gasteiger partial charge in [-0.25, -0.2) is 4.79 Å². The van der Waals surface area contributed by atoms with Crippen molar-refractivity contribution in [1.82, 2.24) is 0 Å². The third-order valence-electron chi connectivity index (χ3n) is 4.24. The zero-order valence-electron chi connectivity index (χ0n) is 14.8. The lowest BCUT2D eigenvalue weighted by Gasteiger charge is -2.08. The maximum Gasteiger partial charge on any atom is 0.338 e. The van der Waals surface area contributed by atoms with Crippen LogP contribution in [-0.2, 0) is 11.2 Å². The molecule has 0 saturated heterocycles. The van der Waals surface area contributed by atoms with Gasteiger partial charge in [0, 0.05) is 0 Å². The second kappa shape index (κ2) is 8.90. The van der Waals surface area contributed by atoms with Crippen LogP contribution in [0.4, 0.5) is 0 Å². The van der Waals surface area contributed by atoms with Crippen molar-refractivity contribution in [2.24, 2.45) is 0 Å². The van der Waals surface area contributed by atoms with Gasteiger partial charge in [-0.1, -0.05) is 83.9 Å². The number of carbonyl (C=O) groups excluding carboxylic acids is 1. The number of hydrogen-bond donors (Lipinski definition) is 0. The van der Waals surface area contributed by atoms with E-state index >= 15 is 0 Å². The summed E-state index contributed by atoms with van der Waals surface area (Å²) in [4.78, 5) is 11.9. The van der Waals surface area contributed by atoms with Gasteiger partial charge in [0.15, 0.2) is 0 Å². The zero-order chi connectivity index (χ0) is 19.2. The predicted octanol–water partition coefficient (Wildman–Crippen LogP) is 6.54. The molecule has 0 aliphatic rings. The summed E-state index contributed by atoms with van der Waals surface area (Å²) in [5, 5.41) is 1.10. The van der Waals surface area contributed by atoms with Crippen LogP contribution in [0.15, 0.2) is 66.7 Å². The third kappa shape index (κ3) is 4.79. The fourth-order valence-electron chi connectivity index (χ4n) is 2.85. The van der Waals surface area contributed by atoms with Crippen LogP contribution in [-0.4, -0.2) is 13.1 Å². The molecule has 0 radical (unpaired) electrons. The van der Waals surface area contributed by atoms with Gasteiger partial charge in [-0.15, -0.1) is 0 Å². The normalized spacial score (nSPS) is 10.9. The summed E-state index contributed by atoms with van der Waals surface area (Å²) in [5.74, 6) is -0.348. The first-order valence-corrected chi connectivity index (χ1v) is 9.21. The van der Waals surface area contributed by atoms with Crippen LogP contribution in [0, 0.1) is 0 Å². The van der Waals surface area contributed by atoms with E-state index in [1.807, 2.05) is 66.7 Å². The van der Waals surface area contributed by atoms with Crippen LogP contribution < -0.4 is 0 Å². The van der Waals surface area contributed by atoms with Crippen molar-refractivity contribution in [3.63, 3.8) is 0 Å². The van der Waals surface area contributed by atoms with Gasteiger partial charge in [-0.3, -0.25) is 0 Å². The average molecular weight is 397 g/mol. The largest absolute Gasteiger partial charge is 0.465 e. The summed E-state index contributed by atoms with van der Waals surface area (Å²) < 4.78 is 4.86. The van der Waals surface area contributed by atoms with Crippen LogP contribution in [0.1, 0.15) is 32.6 Å². The monoisotopic (exact) mass is 396 g/mol. The number of benzene rings is 3. The number of methoxy groups -OCH3 is 1.